The van der Waals surface area contributed by atoms with Crippen molar-refractivity contribution < 1.29 is 20.1 Å². The summed E-state index contributed by atoms with van der Waals surface area (Å²) in [5, 5.41) is 30.6. The minimum atomic E-state index is -0.845. The van der Waals surface area contributed by atoms with Gasteiger partial charge in [0.25, 0.3) is 0 Å². The van der Waals surface area contributed by atoms with E-state index in [1.54, 1.807) is 0 Å². The molecule has 4 heteroatoms. The highest BCUT2D eigenvalue weighted by molar-refractivity contribution is 5.38. The van der Waals surface area contributed by atoms with Gasteiger partial charge in [-0.05, 0) is 97.8 Å². The van der Waals surface area contributed by atoms with E-state index in [2.05, 4.69) is 38.6 Å². The Labute approximate surface area is 217 Å². The first-order valence-corrected chi connectivity index (χ1v) is 13.8. The Bertz CT molecular complexity index is 1000. The van der Waals surface area contributed by atoms with Crippen LogP contribution in [0.2, 0.25) is 0 Å². The van der Waals surface area contributed by atoms with E-state index < -0.39 is 17.8 Å². The van der Waals surface area contributed by atoms with Crippen molar-refractivity contribution in [2.24, 2.45) is 23.2 Å². The van der Waals surface area contributed by atoms with Crippen molar-refractivity contribution in [3.8, 4) is 0 Å². The van der Waals surface area contributed by atoms with E-state index in [-0.39, 0.29) is 5.41 Å². The maximum absolute atomic E-state index is 10.3. The SMILES string of the molecule is C=C1/C(=C\C=C2\CCC[C@]3(C)[C@@H]([C@@H](C)COCc4cccc(C(C)(C)O)c4)CC[C@@H]23)C[C@@H](O)C[C@@H]1O. The van der Waals surface area contributed by atoms with Crippen LogP contribution in [-0.4, -0.2) is 34.1 Å². The maximum atomic E-state index is 10.3. The number of rotatable bonds is 7. The molecule has 0 aromatic heterocycles. The van der Waals surface area contributed by atoms with Crippen LogP contribution in [0.5, 0.6) is 0 Å². The Morgan fingerprint density at radius 2 is 2.00 bits per heavy atom. The summed E-state index contributed by atoms with van der Waals surface area (Å²) in [7, 11) is 0. The molecule has 0 unspecified atom stereocenters. The average molecular weight is 495 g/mol. The smallest absolute Gasteiger partial charge is 0.0840 e. The lowest BCUT2D eigenvalue weighted by Crippen LogP contribution is -2.37. The molecule has 6 atom stereocenters. The van der Waals surface area contributed by atoms with Crippen molar-refractivity contribution >= 4 is 0 Å². The number of benzene rings is 1. The van der Waals surface area contributed by atoms with Crippen LogP contribution >= 0.6 is 0 Å². The number of allylic oxidation sites excluding steroid dienone is 3. The van der Waals surface area contributed by atoms with Crippen molar-refractivity contribution in [3.05, 3.63) is 70.8 Å². The number of hydrogen-bond donors (Lipinski definition) is 3. The lowest BCUT2D eigenvalue weighted by atomic mass is 9.61. The summed E-state index contributed by atoms with van der Waals surface area (Å²) in [6.07, 6.45) is 10.3. The Morgan fingerprint density at radius 3 is 2.75 bits per heavy atom. The van der Waals surface area contributed by atoms with E-state index in [0.717, 1.165) is 35.3 Å². The second kappa shape index (κ2) is 10.9. The van der Waals surface area contributed by atoms with Gasteiger partial charge in [-0.2, -0.15) is 0 Å². The molecule has 0 radical (unpaired) electrons. The fourth-order valence-corrected chi connectivity index (χ4v) is 7.20. The minimum Gasteiger partial charge on any atom is -0.393 e. The number of ether oxygens (including phenoxy) is 1. The van der Waals surface area contributed by atoms with Gasteiger partial charge in [-0.3, -0.25) is 0 Å². The average Bonchev–Trinajstić information content (AvgIpc) is 3.17. The zero-order chi connectivity index (χ0) is 26.1. The molecule has 0 heterocycles. The van der Waals surface area contributed by atoms with Gasteiger partial charge in [0.05, 0.1) is 24.4 Å². The Hall–Kier alpha value is -1.72. The summed E-state index contributed by atoms with van der Waals surface area (Å²) in [6, 6.07) is 8.07. The highest BCUT2D eigenvalue weighted by Gasteiger charge is 2.50. The van der Waals surface area contributed by atoms with Crippen LogP contribution in [0.4, 0.5) is 0 Å². The summed E-state index contributed by atoms with van der Waals surface area (Å²) in [4.78, 5) is 0. The predicted molar refractivity (Wildman–Crippen MR) is 145 cm³/mol. The molecule has 36 heavy (non-hydrogen) atoms. The molecule has 0 spiro atoms. The molecule has 1 aromatic carbocycles. The molecule has 3 fully saturated rings. The van der Waals surface area contributed by atoms with Gasteiger partial charge in [0, 0.05) is 13.0 Å². The summed E-state index contributed by atoms with van der Waals surface area (Å²) in [5.74, 6) is 1.71. The molecule has 0 amide bonds. The Kier molecular flexibility index (Phi) is 8.31. The van der Waals surface area contributed by atoms with Gasteiger partial charge < -0.3 is 20.1 Å². The van der Waals surface area contributed by atoms with Crippen molar-refractivity contribution in [2.45, 2.75) is 97.1 Å². The Morgan fingerprint density at radius 1 is 1.22 bits per heavy atom. The normalized spacial score (nSPS) is 34.2. The zero-order valence-electron chi connectivity index (χ0n) is 22.7. The summed E-state index contributed by atoms with van der Waals surface area (Å²) < 4.78 is 6.21. The molecule has 3 aliphatic rings. The molecule has 0 saturated heterocycles. The van der Waals surface area contributed by atoms with Crippen LogP contribution < -0.4 is 0 Å². The van der Waals surface area contributed by atoms with Crippen molar-refractivity contribution in [1.82, 2.24) is 0 Å². The molecule has 3 saturated carbocycles. The van der Waals surface area contributed by atoms with Crippen molar-refractivity contribution in [1.29, 1.82) is 0 Å². The van der Waals surface area contributed by atoms with Crippen LogP contribution in [0.1, 0.15) is 83.8 Å². The van der Waals surface area contributed by atoms with Crippen LogP contribution in [0, 0.1) is 23.2 Å². The molecule has 4 nitrogen and oxygen atoms in total. The molecule has 1 aromatic rings. The quantitative estimate of drug-likeness (QED) is 0.422. The Balaban J connectivity index is 1.39. The van der Waals surface area contributed by atoms with Gasteiger partial charge in [-0.1, -0.05) is 62.4 Å². The van der Waals surface area contributed by atoms with Gasteiger partial charge in [0.15, 0.2) is 0 Å². The highest BCUT2D eigenvalue weighted by atomic mass is 16.5. The van der Waals surface area contributed by atoms with Gasteiger partial charge in [-0.25, -0.2) is 0 Å². The third kappa shape index (κ3) is 5.88. The van der Waals surface area contributed by atoms with E-state index in [1.807, 2.05) is 32.0 Å². The topological polar surface area (TPSA) is 69.9 Å². The fourth-order valence-electron chi connectivity index (χ4n) is 7.20. The number of aliphatic hydroxyl groups is 3. The molecular weight excluding hydrogens is 448 g/mol. The standard InChI is InChI=1S/C32H46O4/c1-21(19-36-20-23-8-6-10-26(16-23)31(3,4)35)28-13-14-29-24(9-7-15-32(28,29)5)11-12-25-17-27(33)18-30(34)22(25)2/h6,8,10-12,16,21,27-30,33-35H,2,7,9,13-15,17-20H2,1,3-5H3/b24-11-,25-12-/t21-,27+,28+,29-,30-,32+/m0/s1. The molecule has 3 aliphatic carbocycles. The molecule has 0 aliphatic heterocycles. The van der Waals surface area contributed by atoms with Crippen LogP contribution in [0.3, 0.4) is 0 Å². The number of aliphatic hydroxyl groups excluding tert-OH is 2. The first-order chi connectivity index (χ1) is 17.0. The summed E-state index contributed by atoms with van der Waals surface area (Å²) in [5.41, 5.74) is 4.74. The zero-order valence-corrected chi connectivity index (χ0v) is 22.7. The van der Waals surface area contributed by atoms with Crippen LogP contribution in [0.15, 0.2) is 59.7 Å². The first kappa shape index (κ1) is 27.3. The second-order valence-corrected chi connectivity index (χ2v) is 12.4. The summed E-state index contributed by atoms with van der Waals surface area (Å²) >= 11 is 0. The van der Waals surface area contributed by atoms with Crippen LogP contribution in [-0.2, 0) is 16.9 Å². The lowest BCUT2D eigenvalue weighted by Gasteiger charge is -2.44. The summed E-state index contributed by atoms with van der Waals surface area (Å²) in [6.45, 7) is 13.9. The fraction of sp³-hybridized carbons (Fsp3) is 0.625. The van der Waals surface area contributed by atoms with Gasteiger partial charge in [0.1, 0.15) is 0 Å². The molecule has 0 bridgehead atoms. The third-order valence-electron chi connectivity index (χ3n) is 9.27. The molecule has 4 rings (SSSR count). The maximum Gasteiger partial charge on any atom is 0.0840 e. The predicted octanol–water partition coefficient (Wildman–Crippen LogP) is 6.21. The number of fused-ring (bicyclic) bond motifs is 1. The van der Waals surface area contributed by atoms with E-state index in [1.165, 1.54) is 31.3 Å². The van der Waals surface area contributed by atoms with Crippen LogP contribution in [0.25, 0.3) is 0 Å². The lowest BCUT2D eigenvalue weighted by molar-refractivity contribution is 0.0275. The van der Waals surface area contributed by atoms with Gasteiger partial charge in [-0.15, -0.1) is 0 Å². The van der Waals surface area contributed by atoms with E-state index in [4.69, 9.17) is 4.74 Å². The van der Waals surface area contributed by atoms with Crippen molar-refractivity contribution in [3.63, 3.8) is 0 Å². The largest absolute Gasteiger partial charge is 0.393 e. The van der Waals surface area contributed by atoms with Crippen molar-refractivity contribution in [2.75, 3.05) is 6.61 Å². The molecule has 198 valence electrons. The van der Waals surface area contributed by atoms with E-state index in [0.29, 0.717) is 37.2 Å². The second-order valence-electron chi connectivity index (χ2n) is 12.4. The highest BCUT2D eigenvalue weighted by Crippen LogP contribution is 2.59. The van der Waals surface area contributed by atoms with Gasteiger partial charge >= 0.3 is 0 Å². The minimum absolute atomic E-state index is 0.287. The first-order valence-electron chi connectivity index (χ1n) is 13.8. The molecular formula is C32H46O4. The third-order valence-corrected chi connectivity index (χ3v) is 9.27. The van der Waals surface area contributed by atoms with E-state index in [9.17, 15) is 15.3 Å². The molecule has 3 N–H and O–H groups in total. The number of hydrogen-bond acceptors (Lipinski definition) is 4. The monoisotopic (exact) mass is 494 g/mol. The van der Waals surface area contributed by atoms with E-state index >= 15 is 0 Å². The van der Waals surface area contributed by atoms with Gasteiger partial charge in [0.2, 0.25) is 0 Å².